The number of nitrogens with zero attached hydrogens (tertiary/aromatic N) is 7. The SMILES string of the molecule is N#Cc1ccccc1-c1nc(N)n2nc(CCl)nc2c1-c1ccncn1. The summed E-state index contributed by atoms with van der Waals surface area (Å²) < 4.78 is 1.42. The highest BCUT2D eigenvalue weighted by atomic mass is 35.5. The Morgan fingerprint density at radius 1 is 1.19 bits per heavy atom. The van der Waals surface area contributed by atoms with Gasteiger partial charge in [0, 0.05) is 11.8 Å². The van der Waals surface area contributed by atoms with Crippen LogP contribution in [0.15, 0.2) is 42.9 Å². The second-order valence-corrected chi connectivity index (χ2v) is 5.61. The van der Waals surface area contributed by atoms with Crippen molar-refractivity contribution in [3.05, 3.63) is 54.2 Å². The van der Waals surface area contributed by atoms with E-state index in [1.165, 1.54) is 10.8 Å². The van der Waals surface area contributed by atoms with Gasteiger partial charge in [0.2, 0.25) is 5.95 Å². The van der Waals surface area contributed by atoms with E-state index in [4.69, 9.17) is 17.3 Å². The number of nitrogen functional groups attached to an aromatic ring is 1. The Balaban J connectivity index is 2.15. The number of nitriles is 1. The standard InChI is InChI=1S/C17H11ClN8/c18-7-13-23-16-14(12-5-6-21-9-22-12)15(24-17(20)26(16)25-13)11-4-2-1-3-10(11)8-19/h1-6,9H,7H2,(H2,20,24). The molecular formula is C17H11ClN8. The number of hydrogen-bond donors (Lipinski definition) is 1. The molecular weight excluding hydrogens is 352 g/mol. The highest BCUT2D eigenvalue weighted by molar-refractivity contribution is 6.16. The summed E-state index contributed by atoms with van der Waals surface area (Å²) in [6, 6.07) is 11.1. The summed E-state index contributed by atoms with van der Waals surface area (Å²) in [6.45, 7) is 0. The summed E-state index contributed by atoms with van der Waals surface area (Å²) in [4.78, 5) is 17.2. The lowest BCUT2D eigenvalue weighted by Crippen LogP contribution is -2.06. The van der Waals surface area contributed by atoms with E-state index in [2.05, 4.69) is 31.1 Å². The van der Waals surface area contributed by atoms with Gasteiger partial charge in [0.1, 0.15) is 6.33 Å². The van der Waals surface area contributed by atoms with E-state index in [-0.39, 0.29) is 11.8 Å². The molecule has 0 spiro atoms. The summed E-state index contributed by atoms with van der Waals surface area (Å²) >= 11 is 5.89. The number of hydrogen-bond acceptors (Lipinski definition) is 7. The normalized spacial score (nSPS) is 10.8. The van der Waals surface area contributed by atoms with E-state index >= 15 is 0 Å². The van der Waals surface area contributed by atoms with Crippen molar-refractivity contribution < 1.29 is 0 Å². The average Bonchev–Trinajstić information content (AvgIpc) is 3.13. The Hall–Kier alpha value is -3.57. The van der Waals surface area contributed by atoms with Crippen LogP contribution < -0.4 is 5.73 Å². The number of halogens is 1. The van der Waals surface area contributed by atoms with E-state index in [1.807, 2.05) is 6.07 Å². The highest BCUT2D eigenvalue weighted by Crippen LogP contribution is 2.35. The number of benzene rings is 1. The van der Waals surface area contributed by atoms with Crippen LogP contribution in [0.25, 0.3) is 28.2 Å². The van der Waals surface area contributed by atoms with Crippen LogP contribution in [0.5, 0.6) is 0 Å². The van der Waals surface area contributed by atoms with Crippen LogP contribution in [0.2, 0.25) is 0 Å². The van der Waals surface area contributed by atoms with Crippen molar-refractivity contribution >= 4 is 23.2 Å². The first kappa shape index (κ1) is 15.9. The molecule has 0 saturated carbocycles. The Kier molecular flexibility index (Phi) is 3.91. The minimum atomic E-state index is 0.133. The van der Waals surface area contributed by atoms with Crippen molar-refractivity contribution in [2.45, 2.75) is 5.88 Å². The lowest BCUT2D eigenvalue weighted by molar-refractivity contribution is 0.910. The molecule has 0 unspecified atom stereocenters. The Morgan fingerprint density at radius 2 is 2.04 bits per heavy atom. The molecule has 126 valence electrons. The van der Waals surface area contributed by atoms with Gasteiger partial charge in [-0.05, 0) is 12.1 Å². The van der Waals surface area contributed by atoms with Crippen molar-refractivity contribution in [3.8, 4) is 28.6 Å². The monoisotopic (exact) mass is 362 g/mol. The summed E-state index contributed by atoms with van der Waals surface area (Å²) in [5.41, 5.74) is 9.36. The first-order valence-electron chi connectivity index (χ1n) is 7.60. The molecule has 3 heterocycles. The molecule has 0 aliphatic heterocycles. The molecule has 3 aromatic heterocycles. The van der Waals surface area contributed by atoms with Gasteiger partial charge in [-0.3, -0.25) is 0 Å². The van der Waals surface area contributed by atoms with Crippen LogP contribution in [0.1, 0.15) is 11.4 Å². The van der Waals surface area contributed by atoms with E-state index in [1.54, 1.807) is 30.5 Å². The summed E-state index contributed by atoms with van der Waals surface area (Å²) in [6.07, 6.45) is 3.05. The molecule has 0 aliphatic carbocycles. The third-order valence-electron chi connectivity index (χ3n) is 3.82. The number of fused-ring (bicyclic) bond motifs is 1. The fourth-order valence-electron chi connectivity index (χ4n) is 2.71. The molecule has 4 aromatic rings. The maximum absolute atomic E-state index is 9.48. The Bertz CT molecular complexity index is 1150. The summed E-state index contributed by atoms with van der Waals surface area (Å²) in [5.74, 6) is 0.694. The van der Waals surface area contributed by atoms with Crippen molar-refractivity contribution in [3.63, 3.8) is 0 Å². The first-order valence-corrected chi connectivity index (χ1v) is 8.13. The van der Waals surface area contributed by atoms with Gasteiger partial charge in [-0.1, -0.05) is 18.2 Å². The van der Waals surface area contributed by atoms with Crippen LogP contribution in [-0.4, -0.2) is 29.5 Å². The predicted molar refractivity (Wildman–Crippen MR) is 95.9 cm³/mol. The third kappa shape index (κ3) is 2.51. The van der Waals surface area contributed by atoms with E-state index in [9.17, 15) is 5.26 Å². The van der Waals surface area contributed by atoms with Crippen LogP contribution in [0, 0.1) is 11.3 Å². The lowest BCUT2D eigenvalue weighted by atomic mass is 10.00. The predicted octanol–water partition coefficient (Wildman–Crippen LogP) is 2.44. The second-order valence-electron chi connectivity index (χ2n) is 5.34. The Labute approximate surface area is 152 Å². The molecule has 8 nitrogen and oxygen atoms in total. The molecule has 2 N–H and O–H groups in total. The number of rotatable bonds is 3. The van der Waals surface area contributed by atoms with E-state index in [0.717, 1.165) is 0 Å². The minimum Gasteiger partial charge on any atom is -0.368 e. The lowest BCUT2D eigenvalue weighted by Gasteiger charge is -2.12. The molecule has 0 bridgehead atoms. The van der Waals surface area contributed by atoms with E-state index < -0.39 is 0 Å². The van der Waals surface area contributed by atoms with E-state index in [0.29, 0.717) is 39.5 Å². The van der Waals surface area contributed by atoms with Gasteiger partial charge in [0.05, 0.1) is 34.5 Å². The third-order valence-corrected chi connectivity index (χ3v) is 4.05. The number of alkyl halides is 1. The fourth-order valence-corrected chi connectivity index (χ4v) is 2.83. The Morgan fingerprint density at radius 3 is 2.77 bits per heavy atom. The molecule has 26 heavy (non-hydrogen) atoms. The number of nitrogens with two attached hydrogens (primary N) is 1. The van der Waals surface area contributed by atoms with Crippen LogP contribution >= 0.6 is 11.6 Å². The molecule has 1 aromatic carbocycles. The van der Waals surface area contributed by atoms with Crippen LogP contribution in [-0.2, 0) is 5.88 Å². The van der Waals surface area contributed by atoms with Crippen molar-refractivity contribution in [1.29, 1.82) is 5.26 Å². The molecule has 0 fully saturated rings. The summed E-state index contributed by atoms with van der Waals surface area (Å²) in [5, 5.41) is 13.8. The molecule has 4 rings (SSSR count). The molecule has 0 saturated heterocycles. The summed E-state index contributed by atoms with van der Waals surface area (Å²) in [7, 11) is 0. The van der Waals surface area contributed by atoms with Crippen molar-refractivity contribution in [2.75, 3.05) is 5.73 Å². The van der Waals surface area contributed by atoms with Crippen LogP contribution in [0.4, 0.5) is 5.95 Å². The first-order chi connectivity index (χ1) is 12.7. The van der Waals surface area contributed by atoms with Gasteiger partial charge in [-0.15, -0.1) is 16.7 Å². The van der Waals surface area contributed by atoms with Gasteiger partial charge in [0.25, 0.3) is 0 Å². The molecule has 0 aliphatic rings. The number of anilines is 1. The zero-order valence-electron chi connectivity index (χ0n) is 13.3. The van der Waals surface area contributed by atoms with Gasteiger partial charge in [-0.25, -0.2) is 19.9 Å². The van der Waals surface area contributed by atoms with Gasteiger partial charge >= 0.3 is 0 Å². The van der Waals surface area contributed by atoms with Gasteiger partial charge in [0.15, 0.2) is 11.5 Å². The largest absolute Gasteiger partial charge is 0.368 e. The highest BCUT2D eigenvalue weighted by Gasteiger charge is 2.21. The topological polar surface area (TPSA) is 119 Å². The zero-order valence-corrected chi connectivity index (χ0v) is 14.1. The molecule has 0 atom stereocenters. The van der Waals surface area contributed by atoms with Crippen molar-refractivity contribution in [1.82, 2.24) is 29.5 Å². The maximum atomic E-state index is 9.48. The molecule has 0 radical (unpaired) electrons. The van der Waals surface area contributed by atoms with Gasteiger partial charge in [-0.2, -0.15) is 9.78 Å². The van der Waals surface area contributed by atoms with Gasteiger partial charge < -0.3 is 5.73 Å². The smallest absolute Gasteiger partial charge is 0.223 e. The zero-order chi connectivity index (χ0) is 18.1. The number of aromatic nitrogens is 6. The molecule has 9 heteroatoms. The minimum absolute atomic E-state index is 0.133. The quantitative estimate of drug-likeness (QED) is 0.556. The average molecular weight is 363 g/mol. The second kappa shape index (κ2) is 6.38. The van der Waals surface area contributed by atoms with Crippen LogP contribution in [0.3, 0.4) is 0 Å². The maximum Gasteiger partial charge on any atom is 0.223 e. The van der Waals surface area contributed by atoms with Crippen molar-refractivity contribution in [2.24, 2.45) is 0 Å². The fraction of sp³-hybridized carbons (Fsp3) is 0.0588. The molecule has 0 amide bonds.